The van der Waals surface area contributed by atoms with Gasteiger partial charge >= 0.3 is 6.03 Å². The highest BCUT2D eigenvalue weighted by molar-refractivity contribution is 7.14. The summed E-state index contributed by atoms with van der Waals surface area (Å²) in [6.45, 7) is 1.78. The zero-order chi connectivity index (χ0) is 16.1. The van der Waals surface area contributed by atoms with Crippen molar-refractivity contribution in [2.75, 3.05) is 11.9 Å². The van der Waals surface area contributed by atoms with Crippen LogP contribution in [0.4, 0.5) is 19.3 Å². The third-order valence-corrected chi connectivity index (χ3v) is 4.11. The molecule has 22 heavy (non-hydrogen) atoms. The van der Waals surface area contributed by atoms with Gasteiger partial charge in [-0.25, -0.2) is 13.6 Å². The van der Waals surface area contributed by atoms with Gasteiger partial charge in [0.05, 0.1) is 4.88 Å². The molecule has 4 nitrogen and oxygen atoms in total. The maximum Gasteiger partial charge on any atom is 0.319 e. The fourth-order valence-electron chi connectivity index (χ4n) is 1.78. The highest BCUT2D eigenvalue weighted by atomic mass is 32.1. The second-order valence-corrected chi connectivity index (χ2v) is 5.72. The number of hydrogen-bond donors (Lipinski definition) is 2. The van der Waals surface area contributed by atoms with Gasteiger partial charge < -0.3 is 10.6 Å². The van der Waals surface area contributed by atoms with E-state index >= 15 is 0 Å². The predicted molar refractivity (Wildman–Crippen MR) is 81.4 cm³/mol. The lowest BCUT2D eigenvalue weighted by Crippen LogP contribution is -2.31. The van der Waals surface area contributed by atoms with Gasteiger partial charge in [0.2, 0.25) is 0 Å². The summed E-state index contributed by atoms with van der Waals surface area (Å²) in [5, 5.41) is 4.65. The molecule has 2 rings (SSSR count). The smallest absolute Gasteiger partial charge is 0.319 e. The zero-order valence-corrected chi connectivity index (χ0v) is 12.6. The Labute approximate surface area is 130 Å². The standard InChI is InChI=1S/C15H14F2N2O2S/c1-9(20)13-6-5-10(22-13)7-8-18-15(21)19-14-11(16)3-2-4-12(14)17/h2-6H,7-8H2,1H3,(H2,18,19,21). The summed E-state index contributed by atoms with van der Waals surface area (Å²) in [5.41, 5.74) is -0.477. The second-order valence-electron chi connectivity index (χ2n) is 4.55. The Morgan fingerprint density at radius 3 is 2.41 bits per heavy atom. The van der Waals surface area contributed by atoms with Crippen molar-refractivity contribution in [3.63, 3.8) is 0 Å². The first-order valence-corrected chi connectivity index (χ1v) is 7.37. The highest BCUT2D eigenvalue weighted by Gasteiger charge is 2.11. The normalized spacial score (nSPS) is 10.3. The van der Waals surface area contributed by atoms with Crippen LogP contribution < -0.4 is 10.6 Å². The van der Waals surface area contributed by atoms with Crippen molar-refractivity contribution in [3.8, 4) is 0 Å². The van der Waals surface area contributed by atoms with Gasteiger partial charge in [-0.1, -0.05) is 6.07 Å². The fraction of sp³-hybridized carbons (Fsp3) is 0.200. The summed E-state index contributed by atoms with van der Waals surface area (Å²) in [6, 6.07) is 6.21. The lowest BCUT2D eigenvalue weighted by molar-refractivity contribution is 0.102. The molecule has 0 saturated carbocycles. The number of hydrogen-bond acceptors (Lipinski definition) is 3. The summed E-state index contributed by atoms with van der Waals surface area (Å²) in [4.78, 5) is 24.4. The Bertz CT molecular complexity index is 680. The van der Waals surface area contributed by atoms with Crippen LogP contribution in [0.5, 0.6) is 0 Å². The summed E-state index contributed by atoms with van der Waals surface area (Å²) in [7, 11) is 0. The zero-order valence-electron chi connectivity index (χ0n) is 11.8. The van der Waals surface area contributed by atoms with Crippen molar-refractivity contribution in [3.05, 3.63) is 51.7 Å². The molecule has 0 atom stereocenters. The monoisotopic (exact) mass is 324 g/mol. The van der Waals surface area contributed by atoms with E-state index in [1.165, 1.54) is 24.3 Å². The van der Waals surface area contributed by atoms with Crippen LogP contribution in [-0.2, 0) is 6.42 Å². The molecule has 0 aliphatic rings. The molecule has 1 aromatic carbocycles. The largest absolute Gasteiger partial charge is 0.338 e. The number of thiophene rings is 1. The molecule has 2 aromatic rings. The second kappa shape index (κ2) is 7.13. The molecule has 0 fully saturated rings. The van der Waals surface area contributed by atoms with Crippen LogP contribution in [0.25, 0.3) is 0 Å². The molecule has 0 bridgehead atoms. The first kappa shape index (κ1) is 16.1. The number of Topliss-reactive ketones (excluding diaryl/α,β-unsaturated/α-hetero) is 1. The minimum atomic E-state index is -0.834. The summed E-state index contributed by atoms with van der Waals surface area (Å²) in [6.07, 6.45) is 0.533. The SMILES string of the molecule is CC(=O)c1ccc(CCNC(=O)Nc2c(F)cccc2F)s1. The first-order valence-electron chi connectivity index (χ1n) is 6.56. The van der Waals surface area contributed by atoms with E-state index in [0.29, 0.717) is 17.8 Å². The average molecular weight is 324 g/mol. The van der Waals surface area contributed by atoms with Gasteiger partial charge in [-0.3, -0.25) is 4.79 Å². The molecule has 0 saturated heterocycles. The number of nitrogens with one attached hydrogen (secondary N) is 2. The Balaban J connectivity index is 1.84. The van der Waals surface area contributed by atoms with Crippen LogP contribution >= 0.6 is 11.3 Å². The Hall–Kier alpha value is -2.28. The molecular formula is C15H14F2N2O2S. The van der Waals surface area contributed by atoms with E-state index in [1.54, 1.807) is 6.07 Å². The molecule has 2 amide bonds. The van der Waals surface area contributed by atoms with Gasteiger partial charge in [-0.15, -0.1) is 11.3 Å². The minimum absolute atomic E-state index is 0.00280. The molecule has 116 valence electrons. The minimum Gasteiger partial charge on any atom is -0.338 e. The molecular weight excluding hydrogens is 310 g/mol. The van der Waals surface area contributed by atoms with Crippen molar-refractivity contribution in [1.82, 2.24) is 5.32 Å². The number of anilines is 1. The van der Waals surface area contributed by atoms with Crippen LogP contribution in [0.2, 0.25) is 0 Å². The van der Waals surface area contributed by atoms with E-state index in [2.05, 4.69) is 10.6 Å². The molecule has 7 heteroatoms. The van der Waals surface area contributed by atoms with E-state index < -0.39 is 23.4 Å². The average Bonchev–Trinajstić information content (AvgIpc) is 2.92. The van der Waals surface area contributed by atoms with Crippen molar-refractivity contribution in [2.45, 2.75) is 13.3 Å². The Morgan fingerprint density at radius 2 is 1.82 bits per heavy atom. The van der Waals surface area contributed by atoms with Gasteiger partial charge in [-0.05, 0) is 37.6 Å². The van der Waals surface area contributed by atoms with E-state index in [4.69, 9.17) is 0 Å². The molecule has 1 heterocycles. The van der Waals surface area contributed by atoms with Crippen molar-refractivity contribution in [2.24, 2.45) is 0 Å². The predicted octanol–water partition coefficient (Wildman–Crippen LogP) is 3.59. The topological polar surface area (TPSA) is 58.2 Å². The van der Waals surface area contributed by atoms with Crippen LogP contribution in [0.1, 0.15) is 21.5 Å². The van der Waals surface area contributed by atoms with Crippen molar-refractivity contribution >= 4 is 28.8 Å². The highest BCUT2D eigenvalue weighted by Crippen LogP contribution is 2.18. The number of carbonyl (C=O) groups is 2. The van der Waals surface area contributed by atoms with Crippen molar-refractivity contribution in [1.29, 1.82) is 0 Å². The number of para-hydroxylation sites is 1. The maximum absolute atomic E-state index is 13.4. The van der Waals surface area contributed by atoms with E-state index in [9.17, 15) is 18.4 Å². The molecule has 2 N–H and O–H groups in total. The number of halogens is 2. The van der Waals surface area contributed by atoms with Gasteiger partial charge in [0.25, 0.3) is 0 Å². The number of benzene rings is 1. The lowest BCUT2D eigenvalue weighted by Gasteiger charge is -2.08. The van der Waals surface area contributed by atoms with Crippen LogP contribution in [0.3, 0.4) is 0 Å². The number of ketones is 1. The van der Waals surface area contributed by atoms with Crippen LogP contribution in [0.15, 0.2) is 30.3 Å². The third-order valence-electron chi connectivity index (χ3n) is 2.87. The van der Waals surface area contributed by atoms with E-state index in [-0.39, 0.29) is 5.78 Å². The molecule has 1 aromatic heterocycles. The molecule has 0 radical (unpaired) electrons. The number of urea groups is 1. The van der Waals surface area contributed by atoms with Gasteiger partial charge in [0.15, 0.2) is 5.78 Å². The first-order chi connectivity index (χ1) is 10.5. The maximum atomic E-state index is 13.4. The third kappa shape index (κ3) is 4.11. The lowest BCUT2D eigenvalue weighted by atomic mass is 10.3. The number of rotatable bonds is 5. The van der Waals surface area contributed by atoms with E-state index in [1.807, 2.05) is 6.07 Å². The fourth-order valence-corrected chi connectivity index (χ4v) is 2.68. The van der Waals surface area contributed by atoms with Crippen molar-refractivity contribution < 1.29 is 18.4 Å². The summed E-state index contributed by atoms with van der Waals surface area (Å²) in [5.74, 6) is -1.67. The number of carbonyl (C=O) groups excluding carboxylic acids is 2. The van der Waals surface area contributed by atoms with Gasteiger partial charge in [0.1, 0.15) is 17.3 Å². The summed E-state index contributed by atoms with van der Waals surface area (Å²) >= 11 is 1.36. The molecule has 0 aliphatic heterocycles. The van der Waals surface area contributed by atoms with Crippen LogP contribution in [-0.4, -0.2) is 18.4 Å². The van der Waals surface area contributed by atoms with E-state index in [0.717, 1.165) is 17.0 Å². The Morgan fingerprint density at radius 1 is 1.14 bits per heavy atom. The van der Waals surface area contributed by atoms with Gasteiger partial charge in [-0.2, -0.15) is 0 Å². The number of amides is 2. The summed E-state index contributed by atoms with van der Waals surface area (Å²) < 4.78 is 26.7. The van der Waals surface area contributed by atoms with Gasteiger partial charge in [0, 0.05) is 11.4 Å². The molecule has 0 unspecified atom stereocenters. The Kier molecular flexibility index (Phi) is 5.21. The van der Waals surface area contributed by atoms with Crippen LogP contribution in [0, 0.1) is 11.6 Å². The molecule has 0 spiro atoms. The quantitative estimate of drug-likeness (QED) is 0.826. The molecule has 0 aliphatic carbocycles.